The Hall–Kier alpha value is -1.91. The Morgan fingerprint density at radius 1 is 0.423 bits per heavy atom. The Bertz CT molecular complexity index is 1050. The molecule has 2 heteroatoms. The van der Waals surface area contributed by atoms with Crippen LogP contribution >= 0.6 is 0 Å². The van der Waals surface area contributed by atoms with E-state index in [1.54, 1.807) is 0 Å². The predicted octanol–water partition coefficient (Wildman–Crippen LogP) is 6.24. The van der Waals surface area contributed by atoms with Gasteiger partial charge >= 0.3 is 0 Å². The maximum Gasteiger partial charge on any atom is 0.0776 e. The van der Waals surface area contributed by atoms with E-state index in [9.17, 15) is 0 Å². The number of rotatable bonds is 2. The van der Waals surface area contributed by atoms with Gasteiger partial charge in [-0.05, 0) is 32.3 Å². The van der Waals surface area contributed by atoms with E-state index >= 15 is 0 Å². The standard InChI is InChI=1S/C24H28Si2/c1-25(2,3)19-9-13-21-17(15-19)7-11-24-22-14-10-20(26(4,5)6)16-18(22)8-12-23(21)24/h7-16H,1-6H3. The van der Waals surface area contributed by atoms with E-state index in [-0.39, 0.29) is 0 Å². The second-order valence-corrected chi connectivity index (χ2v) is 19.8. The van der Waals surface area contributed by atoms with Crippen LogP contribution in [0.25, 0.3) is 32.3 Å². The average Bonchev–Trinajstić information content (AvgIpc) is 2.58. The van der Waals surface area contributed by atoms with Gasteiger partial charge in [0.2, 0.25) is 0 Å². The van der Waals surface area contributed by atoms with E-state index in [0.29, 0.717) is 0 Å². The van der Waals surface area contributed by atoms with Gasteiger partial charge in [0.05, 0.1) is 16.1 Å². The van der Waals surface area contributed by atoms with Crippen LogP contribution in [0.4, 0.5) is 0 Å². The largest absolute Gasteiger partial charge is 0.0776 e. The van der Waals surface area contributed by atoms with Crippen LogP contribution in [-0.4, -0.2) is 16.1 Å². The van der Waals surface area contributed by atoms with E-state index in [1.165, 1.54) is 42.7 Å². The average molecular weight is 373 g/mol. The lowest BCUT2D eigenvalue weighted by Gasteiger charge is -2.19. The molecule has 4 rings (SSSR count). The smallest absolute Gasteiger partial charge is 0.0656 e. The molecule has 0 heterocycles. The molecule has 0 N–H and O–H groups in total. The van der Waals surface area contributed by atoms with Crippen LogP contribution in [0, 0.1) is 0 Å². The summed E-state index contributed by atoms with van der Waals surface area (Å²) < 4.78 is 0. The molecule has 0 unspecified atom stereocenters. The van der Waals surface area contributed by atoms with Crippen molar-refractivity contribution in [3.05, 3.63) is 60.7 Å². The van der Waals surface area contributed by atoms with E-state index < -0.39 is 16.1 Å². The van der Waals surface area contributed by atoms with Crippen molar-refractivity contribution < 1.29 is 0 Å². The van der Waals surface area contributed by atoms with Crippen molar-refractivity contribution in [1.29, 1.82) is 0 Å². The monoisotopic (exact) mass is 372 g/mol. The molecule has 0 aliphatic carbocycles. The van der Waals surface area contributed by atoms with Crippen molar-refractivity contribution in [2.45, 2.75) is 39.3 Å². The van der Waals surface area contributed by atoms with Crippen LogP contribution in [-0.2, 0) is 0 Å². The first-order valence-electron chi connectivity index (χ1n) is 9.55. The SMILES string of the molecule is C[Si](C)(C)c1ccc2c(ccc3c4ccc([Si](C)(C)C)cc4ccc23)c1. The number of fused-ring (bicyclic) bond motifs is 5. The molecule has 0 aromatic heterocycles. The maximum atomic E-state index is 2.42. The summed E-state index contributed by atoms with van der Waals surface area (Å²) in [6, 6.07) is 23.5. The van der Waals surface area contributed by atoms with Gasteiger partial charge in [0, 0.05) is 0 Å². The van der Waals surface area contributed by atoms with Gasteiger partial charge in [-0.25, -0.2) is 0 Å². The van der Waals surface area contributed by atoms with Crippen LogP contribution in [0.15, 0.2) is 60.7 Å². The molecule has 4 aromatic rings. The molecule has 0 aliphatic heterocycles. The quantitative estimate of drug-likeness (QED) is 0.289. The first-order chi connectivity index (χ1) is 12.1. The summed E-state index contributed by atoms with van der Waals surface area (Å²) in [5.74, 6) is 0. The van der Waals surface area contributed by atoms with E-state index in [1.807, 2.05) is 0 Å². The molecule has 0 nitrogen and oxygen atoms in total. The molecule has 0 bridgehead atoms. The molecule has 0 fully saturated rings. The molecule has 4 aromatic carbocycles. The van der Waals surface area contributed by atoms with Gasteiger partial charge in [-0.3, -0.25) is 0 Å². The molecule has 26 heavy (non-hydrogen) atoms. The number of benzene rings is 4. The van der Waals surface area contributed by atoms with Crippen LogP contribution < -0.4 is 10.4 Å². The molecular formula is C24H28Si2. The second kappa shape index (κ2) is 5.80. The van der Waals surface area contributed by atoms with Crippen LogP contribution in [0.2, 0.25) is 39.3 Å². The fourth-order valence-electron chi connectivity index (χ4n) is 3.82. The summed E-state index contributed by atoms with van der Waals surface area (Å²) >= 11 is 0. The van der Waals surface area contributed by atoms with Crippen LogP contribution in [0.5, 0.6) is 0 Å². The second-order valence-electron chi connectivity index (χ2n) is 9.60. The fourth-order valence-corrected chi connectivity index (χ4v) is 6.16. The summed E-state index contributed by atoms with van der Waals surface area (Å²) in [5.41, 5.74) is 0. The molecule has 0 saturated heterocycles. The van der Waals surface area contributed by atoms with Crippen LogP contribution in [0.1, 0.15) is 0 Å². The number of hydrogen-bond donors (Lipinski definition) is 0. The minimum absolute atomic E-state index is 1.28. The van der Waals surface area contributed by atoms with Crippen molar-refractivity contribution in [2.75, 3.05) is 0 Å². The van der Waals surface area contributed by atoms with Gasteiger partial charge in [-0.2, -0.15) is 0 Å². The minimum atomic E-state index is -1.28. The van der Waals surface area contributed by atoms with Gasteiger partial charge in [-0.15, -0.1) is 0 Å². The molecule has 0 spiro atoms. The zero-order valence-electron chi connectivity index (χ0n) is 16.8. The fraction of sp³-hybridized carbons (Fsp3) is 0.250. The Morgan fingerprint density at radius 3 is 1.12 bits per heavy atom. The van der Waals surface area contributed by atoms with Gasteiger partial charge in [0.15, 0.2) is 0 Å². The topological polar surface area (TPSA) is 0 Å². The van der Waals surface area contributed by atoms with Crippen LogP contribution in [0.3, 0.4) is 0 Å². The first kappa shape index (κ1) is 17.5. The molecule has 0 atom stereocenters. The summed E-state index contributed by atoms with van der Waals surface area (Å²) in [6.45, 7) is 14.5. The van der Waals surface area contributed by atoms with Gasteiger partial charge < -0.3 is 0 Å². The third-order valence-corrected chi connectivity index (χ3v) is 9.65. The molecule has 0 saturated carbocycles. The zero-order valence-corrected chi connectivity index (χ0v) is 18.8. The van der Waals surface area contributed by atoms with E-state index in [2.05, 4.69) is 99.9 Å². The zero-order chi connectivity index (χ0) is 18.7. The highest BCUT2D eigenvalue weighted by molar-refractivity contribution is 6.89. The Labute approximate surface area is 158 Å². The molecular weight excluding hydrogens is 344 g/mol. The maximum absolute atomic E-state index is 2.42. The first-order valence-corrected chi connectivity index (χ1v) is 16.5. The molecule has 0 aliphatic rings. The lowest BCUT2D eigenvalue weighted by atomic mass is 9.97. The third-order valence-electron chi connectivity index (χ3n) is 5.56. The molecule has 132 valence electrons. The highest BCUT2D eigenvalue weighted by Crippen LogP contribution is 2.31. The summed E-state index contributed by atoms with van der Waals surface area (Å²) in [6.07, 6.45) is 0. The highest BCUT2D eigenvalue weighted by atomic mass is 28.3. The Balaban J connectivity index is 1.99. The van der Waals surface area contributed by atoms with Crippen molar-refractivity contribution in [1.82, 2.24) is 0 Å². The Morgan fingerprint density at radius 2 is 0.769 bits per heavy atom. The molecule has 0 amide bonds. The van der Waals surface area contributed by atoms with Gasteiger partial charge in [-0.1, -0.05) is 110 Å². The molecule has 0 radical (unpaired) electrons. The van der Waals surface area contributed by atoms with Crippen molar-refractivity contribution in [3.63, 3.8) is 0 Å². The lowest BCUT2D eigenvalue weighted by Crippen LogP contribution is -2.37. The van der Waals surface area contributed by atoms with Gasteiger partial charge in [0.1, 0.15) is 0 Å². The lowest BCUT2D eigenvalue weighted by molar-refractivity contribution is 1.71. The predicted molar refractivity (Wildman–Crippen MR) is 125 cm³/mol. The van der Waals surface area contributed by atoms with E-state index in [4.69, 9.17) is 0 Å². The highest BCUT2D eigenvalue weighted by Gasteiger charge is 2.18. The summed E-state index contributed by atoms with van der Waals surface area (Å²) in [7, 11) is -2.56. The summed E-state index contributed by atoms with van der Waals surface area (Å²) in [5, 5.41) is 11.3. The third kappa shape index (κ3) is 2.91. The Kier molecular flexibility index (Phi) is 3.90. The minimum Gasteiger partial charge on any atom is -0.0656 e. The van der Waals surface area contributed by atoms with Gasteiger partial charge in [0.25, 0.3) is 0 Å². The van der Waals surface area contributed by atoms with Crippen molar-refractivity contribution in [3.8, 4) is 0 Å². The normalized spacial score (nSPS) is 13.0. The van der Waals surface area contributed by atoms with Crippen molar-refractivity contribution >= 4 is 58.8 Å². The van der Waals surface area contributed by atoms with E-state index in [0.717, 1.165) is 0 Å². The summed E-state index contributed by atoms with van der Waals surface area (Å²) in [4.78, 5) is 0. The van der Waals surface area contributed by atoms with Crippen molar-refractivity contribution in [2.24, 2.45) is 0 Å². The number of hydrogen-bond acceptors (Lipinski definition) is 0.